The van der Waals surface area contributed by atoms with Crippen LogP contribution in [0.1, 0.15) is 0 Å². The van der Waals surface area contributed by atoms with Gasteiger partial charge < -0.3 is 10.2 Å². The van der Waals surface area contributed by atoms with Crippen LogP contribution in [0.3, 0.4) is 0 Å². The Hall–Kier alpha value is -1.09. The average molecular weight is 180 g/mol. The summed E-state index contributed by atoms with van der Waals surface area (Å²) in [6.07, 6.45) is 0. The van der Waals surface area contributed by atoms with Crippen molar-refractivity contribution in [1.29, 1.82) is 0 Å². The largest absolute Gasteiger partial charge is 0.377 e. The molecule has 0 unspecified atom stereocenters. The Kier molecular flexibility index (Phi) is 2.19. The molecule has 0 saturated carbocycles. The average Bonchev–Trinajstić information content (AvgIpc) is 2.06. The number of rotatable bonds is 2. The Morgan fingerprint density at radius 3 is 2.69 bits per heavy atom. The van der Waals surface area contributed by atoms with Gasteiger partial charge in [-0.25, -0.2) is 4.39 Å². The van der Waals surface area contributed by atoms with Gasteiger partial charge in [0.25, 0.3) is 0 Å². The lowest BCUT2D eigenvalue weighted by molar-refractivity contribution is 0.205. The number of nitrogens with one attached hydrogen (secondary N) is 1. The number of nitrogens with zero attached hydrogens (tertiary/aromatic N) is 1. The van der Waals surface area contributed by atoms with Gasteiger partial charge in [0.1, 0.15) is 5.82 Å². The first-order valence-corrected chi connectivity index (χ1v) is 4.45. The van der Waals surface area contributed by atoms with Crippen LogP contribution < -0.4 is 5.32 Å². The van der Waals surface area contributed by atoms with Crippen molar-refractivity contribution in [3.8, 4) is 0 Å². The zero-order valence-electron chi connectivity index (χ0n) is 7.63. The molecule has 70 valence electrons. The molecule has 0 radical (unpaired) electrons. The van der Waals surface area contributed by atoms with E-state index in [0.717, 1.165) is 13.1 Å². The van der Waals surface area contributed by atoms with E-state index in [2.05, 4.69) is 17.3 Å². The van der Waals surface area contributed by atoms with E-state index in [1.54, 1.807) is 12.1 Å². The fourth-order valence-electron chi connectivity index (χ4n) is 1.59. The molecule has 0 aromatic heterocycles. The molecule has 1 aliphatic heterocycles. The number of para-hydroxylation sites is 1. The van der Waals surface area contributed by atoms with Crippen molar-refractivity contribution in [2.45, 2.75) is 6.04 Å². The maximum Gasteiger partial charge on any atom is 0.146 e. The van der Waals surface area contributed by atoms with Gasteiger partial charge in [-0.2, -0.15) is 0 Å². The topological polar surface area (TPSA) is 15.3 Å². The molecule has 0 spiro atoms. The molecule has 0 aliphatic carbocycles. The van der Waals surface area contributed by atoms with Gasteiger partial charge in [0.2, 0.25) is 0 Å². The molecular formula is C10H13FN2. The summed E-state index contributed by atoms with van der Waals surface area (Å²) in [4.78, 5) is 2.19. The maximum absolute atomic E-state index is 13.1. The summed E-state index contributed by atoms with van der Waals surface area (Å²) < 4.78 is 13.1. The molecule has 1 heterocycles. The number of benzene rings is 1. The number of hydrogen-bond donors (Lipinski definition) is 1. The molecule has 1 fully saturated rings. The summed E-state index contributed by atoms with van der Waals surface area (Å²) in [5, 5.41) is 3.16. The molecule has 13 heavy (non-hydrogen) atoms. The Morgan fingerprint density at radius 1 is 1.38 bits per heavy atom. The molecule has 2 nitrogen and oxygen atoms in total. The third-order valence-corrected chi connectivity index (χ3v) is 2.30. The lowest BCUT2D eigenvalue weighted by Gasteiger charge is -2.37. The van der Waals surface area contributed by atoms with E-state index in [9.17, 15) is 4.39 Å². The molecule has 1 aromatic rings. The Labute approximate surface area is 77.4 Å². The summed E-state index contributed by atoms with van der Waals surface area (Å²) in [5.74, 6) is -0.169. The summed E-state index contributed by atoms with van der Waals surface area (Å²) in [6.45, 7) is 1.99. The summed E-state index contributed by atoms with van der Waals surface area (Å²) in [5.41, 5.74) is 0.612. The monoisotopic (exact) mass is 180 g/mol. The van der Waals surface area contributed by atoms with Gasteiger partial charge in [0, 0.05) is 13.1 Å². The van der Waals surface area contributed by atoms with Crippen molar-refractivity contribution < 1.29 is 4.39 Å². The van der Waals surface area contributed by atoms with Gasteiger partial charge in [-0.05, 0) is 19.2 Å². The zero-order chi connectivity index (χ0) is 9.26. The summed E-state index contributed by atoms with van der Waals surface area (Å²) in [6, 6.07) is 7.20. The fraction of sp³-hybridized carbons (Fsp3) is 0.400. The molecule has 3 heteroatoms. The first kappa shape index (κ1) is 8.51. The molecule has 0 atom stereocenters. The van der Waals surface area contributed by atoms with Crippen molar-refractivity contribution in [1.82, 2.24) is 4.90 Å². The number of hydrogen-bond acceptors (Lipinski definition) is 2. The van der Waals surface area contributed by atoms with Crippen LogP contribution in [-0.4, -0.2) is 31.1 Å². The highest BCUT2D eigenvalue weighted by Gasteiger charge is 2.23. The van der Waals surface area contributed by atoms with E-state index in [4.69, 9.17) is 0 Å². The standard InChI is InChI=1S/C10H13FN2/c1-13-6-8(7-13)12-10-5-3-2-4-9(10)11/h2-5,8,12H,6-7H2,1H3. The second kappa shape index (κ2) is 3.34. The first-order chi connectivity index (χ1) is 6.25. The maximum atomic E-state index is 13.1. The Bertz CT molecular complexity index is 295. The van der Waals surface area contributed by atoms with E-state index in [1.807, 2.05) is 6.07 Å². The summed E-state index contributed by atoms with van der Waals surface area (Å²) in [7, 11) is 2.06. The van der Waals surface area contributed by atoms with Crippen molar-refractivity contribution in [2.75, 3.05) is 25.5 Å². The van der Waals surface area contributed by atoms with Crippen LogP contribution in [0.25, 0.3) is 0 Å². The van der Waals surface area contributed by atoms with E-state index in [0.29, 0.717) is 11.7 Å². The number of likely N-dealkylation sites (tertiary alicyclic amines) is 1. The minimum Gasteiger partial charge on any atom is -0.377 e. The predicted octanol–water partition coefficient (Wildman–Crippen LogP) is 1.55. The van der Waals surface area contributed by atoms with Crippen molar-refractivity contribution in [3.05, 3.63) is 30.1 Å². The summed E-state index contributed by atoms with van der Waals surface area (Å²) >= 11 is 0. The molecule has 2 rings (SSSR count). The molecule has 1 aliphatic rings. The smallest absolute Gasteiger partial charge is 0.146 e. The molecule has 0 bridgehead atoms. The van der Waals surface area contributed by atoms with Crippen LogP contribution in [0.5, 0.6) is 0 Å². The second-order valence-corrected chi connectivity index (χ2v) is 3.54. The molecule has 1 aromatic carbocycles. The van der Waals surface area contributed by atoms with Crippen LogP contribution in [0, 0.1) is 5.82 Å². The van der Waals surface area contributed by atoms with Crippen LogP contribution in [-0.2, 0) is 0 Å². The van der Waals surface area contributed by atoms with Gasteiger partial charge >= 0.3 is 0 Å². The second-order valence-electron chi connectivity index (χ2n) is 3.54. The Morgan fingerprint density at radius 2 is 2.08 bits per heavy atom. The van der Waals surface area contributed by atoms with Crippen molar-refractivity contribution >= 4 is 5.69 Å². The minimum atomic E-state index is -0.169. The molecule has 1 saturated heterocycles. The first-order valence-electron chi connectivity index (χ1n) is 4.45. The van der Waals surface area contributed by atoms with E-state index in [1.165, 1.54) is 6.07 Å². The van der Waals surface area contributed by atoms with Crippen LogP contribution >= 0.6 is 0 Å². The fourth-order valence-corrected chi connectivity index (χ4v) is 1.59. The number of likely N-dealkylation sites (N-methyl/N-ethyl adjacent to an activating group) is 1. The van der Waals surface area contributed by atoms with Gasteiger partial charge in [-0.3, -0.25) is 0 Å². The molecular weight excluding hydrogens is 167 g/mol. The van der Waals surface area contributed by atoms with Crippen molar-refractivity contribution in [2.24, 2.45) is 0 Å². The highest BCUT2D eigenvalue weighted by atomic mass is 19.1. The van der Waals surface area contributed by atoms with E-state index < -0.39 is 0 Å². The SMILES string of the molecule is CN1CC(Nc2ccccc2F)C1. The Balaban J connectivity index is 1.98. The number of anilines is 1. The molecule has 0 amide bonds. The predicted molar refractivity (Wildman–Crippen MR) is 51.3 cm³/mol. The third-order valence-electron chi connectivity index (χ3n) is 2.30. The third kappa shape index (κ3) is 1.80. The van der Waals surface area contributed by atoms with E-state index >= 15 is 0 Å². The van der Waals surface area contributed by atoms with Gasteiger partial charge in [0.05, 0.1) is 11.7 Å². The van der Waals surface area contributed by atoms with Gasteiger partial charge in [-0.15, -0.1) is 0 Å². The van der Waals surface area contributed by atoms with Gasteiger partial charge in [-0.1, -0.05) is 12.1 Å². The number of halogens is 1. The van der Waals surface area contributed by atoms with Crippen LogP contribution in [0.15, 0.2) is 24.3 Å². The van der Waals surface area contributed by atoms with E-state index in [-0.39, 0.29) is 5.82 Å². The lowest BCUT2D eigenvalue weighted by atomic mass is 10.1. The van der Waals surface area contributed by atoms with Crippen molar-refractivity contribution in [3.63, 3.8) is 0 Å². The highest BCUT2D eigenvalue weighted by molar-refractivity contribution is 5.45. The molecule has 1 N–H and O–H groups in total. The minimum absolute atomic E-state index is 0.169. The quantitative estimate of drug-likeness (QED) is 0.743. The zero-order valence-corrected chi connectivity index (χ0v) is 7.63. The lowest BCUT2D eigenvalue weighted by Crippen LogP contribution is -2.52. The van der Waals surface area contributed by atoms with Gasteiger partial charge in [0.15, 0.2) is 0 Å². The normalized spacial score (nSPS) is 18.3. The highest BCUT2D eigenvalue weighted by Crippen LogP contribution is 2.16. The van der Waals surface area contributed by atoms with Crippen LogP contribution in [0.4, 0.5) is 10.1 Å². The van der Waals surface area contributed by atoms with Crippen LogP contribution in [0.2, 0.25) is 0 Å².